The van der Waals surface area contributed by atoms with Crippen molar-refractivity contribution in [2.24, 2.45) is 0 Å². The molecule has 1 aliphatic rings. The van der Waals surface area contributed by atoms with Gasteiger partial charge in [-0.05, 0) is 60.4 Å². The van der Waals surface area contributed by atoms with Crippen LogP contribution in [0.4, 0.5) is 17.3 Å². The zero-order chi connectivity index (χ0) is 34.4. The Balaban J connectivity index is 1.35. The van der Waals surface area contributed by atoms with Crippen LogP contribution in [0.1, 0.15) is 36.6 Å². The highest BCUT2D eigenvalue weighted by molar-refractivity contribution is 6.04. The summed E-state index contributed by atoms with van der Waals surface area (Å²) < 4.78 is 88.7. The number of aryl methyl sites for hydroxylation is 1. The van der Waals surface area contributed by atoms with Crippen LogP contribution in [0.15, 0.2) is 79.3 Å². The van der Waals surface area contributed by atoms with Crippen molar-refractivity contribution in [2.75, 3.05) is 36.6 Å². The van der Waals surface area contributed by atoms with Crippen LogP contribution >= 0.6 is 0 Å². The van der Waals surface area contributed by atoms with Gasteiger partial charge in [-0.2, -0.15) is 0 Å². The number of rotatable bonds is 7. The van der Waals surface area contributed by atoms with Gasteiger partial charge in [-0.15, -0.1) is 0 Å². The lowest BCUT2D eigenvalue weighted by Gasteiger charge is -2.27. The second-order valence-corrected chi connectivity index (χ2v) is 7.73. The van der Waals surface area contributed by atoms with Crippen molar-refractivity contribution < 1.29 is 19.9 Å². The first-order chi connectivity index (χ1) is 21.8. The van der Waals surface area contributed by atoms with Crippen molar-refractivity contribution in [1.29, 1.82) is 0 Å². The first kappa shape index (κ1) is 13.8. The number of aromatic nitrogens is 3. The monoisotopic (exact) mass is 490 g/mol. The third-order valence-corrected chi connectivity index (χ3v) is 5.20. The van der Waals surface area contributed by atoms with Gasteiger partial charge >= 0.3 is 0 Å². The number of pyridine rings is 1. The largest absolute Gasteiger partial charge is 0.324 e. The van der Waals surface area contributed by atoms with E-state index in [2.05, 4.69) is 25.6 Å². The molecule has 0 aliphatic carbocycles. The molecule has 1 amide bonds. The molecular weight excluding hydrogens is 450 g/mol. The number of carbonyl (C=O) groups excluding carboxylic acids is 1. The molecule has 0 saturated carbocycles. The predicted molar refractivity (Wildman–Crippen MR) is 142 cm³/mol. The number of hydrogen-bond donors (Lipinski definition) is 3. The van der Waals surface area contributed by atoms with Gasteiger partial charge in [0.15, 0.2) is 0 Å². The number of amides is 1. The van der Waals surface area contributed by atoms with Crippen molar-refractivity contribution in [3.8, 4) is 11.3 Å². The van der Waals surface area contributed by atoms with Gasteiger partial charge in [-0.1, -0.05) is 18.2 Å². The Labute approximate surface area is 226 Å². The smallest absolute Gasteiger partial charge is 0.255 e. The van der Waals surface area contributed by atoms with E-state index >= 15 is 0 Å². The Morgan fingerprint density at radius 3 is 2.75 bits per heavy atom. The third-order valence-electron chi connectivity index (χ3n) is 5.20. The van der Waals surface area contributed by atoms with E-state index < -0.39 is 45.3 Å². The molecule has 2 aromatic heterocycles. The van der Waals surface area contributed by atoms with Gasteiger partial charge in [0.2, 0.25) is 5.95 Å². The highest BCUT2D eigenvalue weighted by atomic mass is 16.1. The minimum atomic E-state index is -2.93. The SMILES string of the molecule is [2H]C([2H])([2H])c1ccc(NC(=O)c2ccc(CN3C([2H])([2H])C([2H])([2H])NC([2H])([2H])C3([2H])[2H])cc2)cc1Nc1nccc(-c2cccnc2)n1. The molecule has 5 rings (SSSR count). The molecule has 3 heterocycles. The summed E-state index contributed by atoms with van der Waals surface area (Å²) in [5.74, 6) is -0.449. The van der Waals surface area contributed by atoms with Crippen LogP contribution in [0, 0.1) is 6.85 Å². The summed E-state index contributed by atoms with van der Waals surface area (Å²) in [6, 6.07) is 15.1. The standard InChI is InChI=1S/C28H29N7O/c1-20-4-9-24(17-26(20)34-28-31-12-10-25(33-28)23-3-2-11-30-18-23)32-27(36)22-7-5-21(6-8-22)19-35-15-13-29-14-16-35/h2-12,17-18,29H,13-16,19H2,1H3,(H,32,36)(H,31,33,34)/i1D3,13D2,14D2,15D2,16D2. The Hall–Kier alpha value is -4.14. The van der Waals surface area contributed by atoms with E-state index in [1.807, 2.05) is 6.07 Å². The lowest BCUT2D eigenvalue weighted by molar-refractivity contribution is 0.102. The summed E-state index contributed by atoms with van der Waals surface area (Å²) in [6.45, 7) is -14.7. The van der Waals surface area contributed by atoms with Gasteiger partial charge in [0, 0.05) is 88.7 Å². The van der Waals surface area contributed by atoms with Crippen molar-refractivity contribution >= 4 is 23.2 Å². The average Bonchev–Trinajstić information content (AvgIpc) is 2.99. The molecule has 0 bridgehead atoms. The summed E-state index contributed by atoms with van der Waals surface area (Å²) in [6.07, 6.45) is 4.77. The summed E-state index contributed by atoms with van der Waals surface area (Å²) in [7, 11) is 0. The van der Waals surface area contributed by atoms with Crippen LogP contribution < -0.4 is 16.0 Å². The lowest BCUT2D eigenvalue weighted by Crippen LogP contribution is -2.42. The number of hydrogen-bond acceptors (Lipinski definition) is 7. The molecule has 1 aliphatic heterocycles. The lowest BCUT2D eigenvalue weighted by atomic mass is 10.1. The van der Waals surface area contributed by atoms with E-state index in [4.69, 9.17) is 15.1 Å². The minimum Gasteiger partial charge on any atom is -0.324 e. The van der Waals surface area contributed by atoms with Crippen LogP contribution in [0.25, 0.3) is 11.3 Å². The molecule has 0 atom stereocenters. The van der Waals surface area contributed by atoms with Gasteiger partial charge in [0.25, 0.3) is 5.91 Å². The van der Waals surface area contributed by atoms with E-state index in [1.165, 1.54) is 48.7 Å². The summed E-state index contributed by atoms with van der Waals surface area (Å²) in [5.41, 5.74) is 2.10. The van der Waals surface area contributed by atoms with Gasteiger partial charge in [0.1, 0.15) is 0 Å². The van der Waals surface area contributed by atoms with Gasteiger partial charge < -0.3 is 16.0 Å². The summed E-state index contributed by atoms with van der Waals surface area (Å²) in [4.78, 5) is 26.3. The first-order valence-electron chi connectivity index (χ1n) is 16.4. The maximum Gasteiger partial charge on any atom is 0.255 e. The highest BCUT2D eigenvalue weighted by Gasteiger charge is 2.12. The van der Waals surface area contributed by atoms with Crippen molar-refractivity contribution in [1.82, 2.24) is 25.2 Å². The minimum absolute atomic E-state index is 0.0309. The molecule has 8 heteroatoms. The molecule has 1 fully saturated rings. The second kappa shape index (κ2) is 11.1. The number of anilines is 3. The van der Waals surface area contributed by atoms with Gasteiger partial charge in [-0.3, -0.25) is 14.7 Å². The molecule has 0 unspecified atom stereocenters. The van der Waals surface area contributed by atoms with Gasteiger partial charge in [-0.25, -0.2) is 9.97 Å². The first-order valence-corrected chi connectivity index (χ1v) is 10.9. The van der Waals surface area contributed by atoms with E-state index in [0.717, 1.165) is 5.56 Å². The molecule has 0 radical (unpaired) electrons. The van der Waals surface area contributed by atoms with E-state index in [-0.39, 0.29) is 28.5 Å². The Kier molecular flexibility index (Phi) is 4.25. The van der Waals surface area contributed by atoms with Crippen molar-refractivity contribution in [2.45, 2.75) is 13.4 Å². The number of benzene rings is 2. The Bertz CT molecular complexity index is 1740. The average molecular weight is 491 g/mol. The topological polar surface area (TPSA) is 95.1 Å². The van der Waals surface area contributed by atoms with E-state index in [1.54, 1.807) is 29.8 Å². The number of carbonyl (C=O) groups is 1. The van der Waals surface area contributed by atoms with Crippen molar-refractivity contribution in [3.63, 3.8) is 0 Å². The Morgan fingerprint density at radius 1 is 1.11 bits per heavy atom. The molecule has 36 heavy (non-hydrogen) atoms. The summed E-state index contributed by atoms with van der Waals surface area (Å²) in [5, 5.41) is 7.43. The zero-order valence-electron chi connectivity index (χ0n) is 29.9. The molecule has 1 saturated heterocycles. The quantitative estimate of drug-likeness (QED) is 0.356. The second-order valence-electron chi connectivity index (χ2n) is 7.73. The number of nitrogens with zero attached hydrogens (tertiary/aromatic N) is 4. The maximum atomic E-state index is 13.1. The van der Waals surface area contributed by atoms with Crippen LogP contribution in [-0.2, 0) is 6.54 Å². The highest BCUT2D eigenvalue weighted by Crippen LogP contribution is 2.24. The molecule has 2 aromatic carbocycles. The van der Waals surface area contributed by atoms with Crippen LogP contribution in [0.2, 0.25) is 0 Å². The summed E-state index contributed by atoms with van der Waals surface area (Å²) >= 11 is 0. The van der Waals surface area contributed by atoms with E-state index in [0.29, 0.717) is 16.2 Å². The fraction of sp³-hybridized carbons (Fsp3) is 0.214. The predicted octanol–water partition coefficient (Wildman–Crippen LogP) is 4.25. The fourth-order valence-electron chi connectivity index (χ4n) is 3.42. The third kappa shape index (κ3) is 5.91. The molecule has 0 spiro atoms. The molecule has 8 nitrogen and oxygen atoms in total. The maximum absolute atomic E-state index is 13.1. The molecular formula is C28H29N7O. The zero-order valence-corrected chi connectivity index (χ0v) is 18.9. The number of piperazine rings is 1. The molecule has 3 N–H and O–H groups in total. The normalized spacial score (nSPS) is 24.3. The van der Waals surface area contributed by atoms with Crippen molar-refractivity contribution in [3.05, 3.63) is 95.9 Å². The number of nitrogens with one attached hydrogen (secondary N) is 3. The Morgan fingerprint density at radius 2 is 1.97 bits per heavy atom. The van der Waals surface area contributed by atoms with Crippen LogP contribution in [0.5, 0.6) is 0 Å². The van der Waals surface area contributed by atoms with Crippen LogP contribution in [-0.4, -0.2) is 51.7 Å². The fourth-order valence-corrected chi connectivity index (χ4v) is 3.42. The van der Waals surface area contributed by atoms with Gasteiger partial charge in [0.05, 0.1) is 5.69 Å². The van der Waals surface area contributed by atoms with Crippen LogP contribution in [0.3, 0.4) is 0 Å². The molecule has 4 aromatic rings. The molecule has 182 valence electrons. The van der Waals surface area contributed by atoms with E-state index in [9.17, 15) is 4.79 Å².